The third kappa shape index (κ3) is 5.05. The highest BCUT2D eigenvalue weighted by Crippen LogP contribution is 2.53. The number of fused-ring (bicyclic) bond motifs is 7. The van der Waals surface area contributed by atoms with Crippen molar-refractivity contribution in [3.8, 4) is 67.3 Å². The van der Waals surface area contributed by atoms with Crippen molar-refractivity contribution in [2.75, 3.05) is 0 Å². The Morgan fingerprint density at radius 1 is 0.411 bits per heavy atom. The van der Waals surface area contributed by atoms with E-state index in [9.17, 15) is 0 Å². The summed E-state index contributed by atoms with van der Waals surface area (Å²) in [4.78, 5) is 10.5. The Morgan fingerprint density at radius 3 is 1.88 bits per heavy atom. The van der Waals surface area contributed by atoms with E-state index in [2.05, 4.69) is 166 Å². The highest BCUT2D eigenvalue weighted by atomic mass is 16.3. The second-order valence-electron chi connectivity index (χ2n) is 15.3. The van der Waals surface area contributed by atoms with Gasteiger partial charge in [-0.1, -0.05) is 166 Å². The van der Waals surface area contributed by atoms with Crippen LogP contribution in [0, 0.1) is 0 Å². The molecule has 0 fully saturated rings. The van der Waals surface area contributed by atoms with Gasteiger partial charge in [-0.15, -0.1) is 0 Å². The summed E-state index contributed by atoms with van der Waals surface area (Å²) in [6.07, 6.45) is 0. The van der Waals surface area contributed by atoms with E-state index >= 15 is 0 Å². The predicted octanol–water partition coefficient (Wildman–Crippen LogP) is 14.2. The van der Waals surface area contributed by atoms with Gasteiger partial charge < -0.3 is 4.42 Å². The minimum Gasteiger partial charge on any atom is -0.456 e. The van der Waals surface area contributed by atoms with Gasteiger partial charge in [-0.05, 0) is 85.6 Å². The van der Waals surface area contributed by atoms with Crippen LogP contribution in [0.25, 0.3) is 100.0 Å². The Morgan fingerprint density at radius 2 is 1.04 bits per heavy atom. The van der Waals surface area contributed by atoms with Gasteiger partial charge in [0.2, 0.25) is 0 Å². The molecule has 0 unspecified atom stereocenters. The van der Waals surface area contributed by atoms with Gasteiger partial charge in [-0.3, -0.25) is 0 Å². The van der Waals surface area contributed by atoms with Gasteiger partial charge in [-0.25, -0.2) is 9.97 Å². The second kappa shape index (κ2) is 12.5. The van der Waals surface area contributed by atoms with Crippen molar-refractivity contribution < 1.29 is 4.42 Å². The fraction of sp³-hybridized carbons (Fsp3) is 0.0566. The summed E-state index contributed by atoms with van der Waals surface area (Å²) in [5.41, 5.74) is 16.4. The Bertz CT molecular complexity index is 3150. The number of para-hydroxylation sites is 1. The van der Waals surface area contributed by atoms with Crippen LogP contribution in [0.1, 0.15) is 25.0 Å². The van der Waals surface area contributed by atoms with Crippen LogP contribution in [0.5, 0.6) is 0 Å². The molecule has 1 aliphatic rings. The molecule has 0 radical (unpaired) electrons. The standard InChI is InChI=1S/C53H36N2O/c1-53(2)44-23-12-22-41(50(44)43-30-36-16-6-7-17-37(36)31-45(43)53)47-32-46(54-52(55-47)35-14-4-3-5-15-35)34-28-26-33(27-29-34)38-18-8-9-19-39(38)40-21-13-25-49-51(40)42-20-10-11-24-48(42)56-49/h3-32H,1-2H3. The molecule has 10 aromatic rings. The van der Waals surface area contributed by atoms with Crippen LogP contribution in [-0.4, -0.2) is 9.97 Å². The third-order valence-corrected chi connectivity index (χ3v) is 11.7. The highest BCUT2D eigenvalue weighted by molar-refractivity contribution is 6.13. The zero-order valence-electron chi connectivity index (χ0n) is 31.1. The Kier molecular flexibility index (Phi) is 7.20. The molecule has 56 heavy (non-hydrogen) atoms. The molecule has 0 N–H and O–H groups in total. The first-order chi connectivity index (χ1) is 27.5. The number of rotatable bonds is 5. The maximum Gasteiger partial charge on any atom is 0.160 e. The molecule has 0 amide bonds. The van der Waals surface area contributed by atoms with E-state index in [-0.39, 0.29) is 5.41 Å². The SMILES string of the molecule is CC1(C)c2cc3ccccc3cc2-c2c(-c3cc(-c4ccc(-c5ccccc5-c5cccc6oc7ccccc7c56)cc4)nc(-c4ccccc4)n3)cccc21. The van der Waals surface area contributed by atoms with Crippen LogP contribution in [0.15, 0.2) is 186 Å². The summed E-state index contributed by atoms with van der Waals surface area (Å²) in [5.74, 6) is 0.710. The second-order valence-corrected chi connectivity index (χ2v) is 15.3. The average Bonchev–Trinajstić information content (AvgIpc) is 3.75. The van der Waals surface area contributed by atoms with Gasteiger partial charge in [0, 0.05) is 32.9 Å². The van der Waals surface area contributed by atoms with E-state index in [1.807, 2.05) is 30.3 Å². The number of nitrogens with zero attached hydrogens (tertiary/aromatic N) is 2. The smallest absolute Gasteiger partial charge is 0.160 e. The number of aromatic nitrogens is 2. The van der Waals surface area contributed by atoms with Crippen molar-refractivity contribution in [3.05, 3.63) is 193 Å². The van der Waals surface area contributed by atoms with Gasteiger partial charge in [0.25, 0.3) is 0 Å². The molecule has 8 aromatic carbocycles. The summed E-state index contributed by atoms with van der Waals surface area (Å²) in [7, 11) is 0. The molecule has 264 valence electrons. The lowest BCUT2D eigenvalue weighted by Gasteiger charge is -2.22. The minimum atomic E-state index is -0.148. The minimum absolute atomic E-state index is 0.148. The lowest BCUT2D eigenvalue weighted by Crippen LogP contribution is -2.14. The fourth-order valence-corrected chi connectivity index (χ4v) is 8.92. The van der Waals surface area contributed by atoms with E-state index in [0.29, 0.717) is 5.82 Å². The molecular formula is C53H36N2O. The third-order valence-electron chi connectivity index (χ3n) is 11.7. The molecule has 1 aliphatic carbocycles. The van der Waals surface area contributed by atoms with Crippen LogP contribution in [0.3, 0.4) is 0 Å². The number of hydrogen-bond donors (Lipinski definition) is 0. The highest BCUT2D eigenvalue weighted by Gasteiger charge is 2.37. The quantitative estimate of drug-likeness (QED) is 0.178. The molecular weight excluding hydrogens is 681 g/mol. The van der Waals surface area contributed by atoms with Crippen molar-refractivity contribution in [3.63, 3.8) is 0 Å². The summed E-state index contributed by atoms with van der Waals surface area (Å²) in [6, 6.07) is 64.7. The average molecular weight is 717 g/mol. The Labute approximate surface area is 325 Å². The first-order valence-electron chi connectivity index (χ1n) is 19.2. The zero-order valence-corrected chi connectivity index (χ0v) is 31.1. The molecule has 0 saturated heterocycles. The molecule has 2 heterocycles. The van der Waals surface area contributed by atoms with E-state index in [4.69, 9.17) is 14.4 Å². The summed E-state index contributed by atoms with van der Waals surface area (Å²) >= 11 is 0. The zero-order chi connectivity index (χ0) is 37.4. The fourth-order valence-electron chi connectivity index (χ4n) is 8.92. The van der Waals surface area contributed by atoms with Crippen molar-refractivity contribution in [2.24, 2.45) is 0 Å². The largest absolute Gasteiger partial charge is 0.456 e. The predicted molar refractivity (Wildman–Crippen MR) is 232 cm³/mol. The summed E-state index contributed by atoms with van der Waals surface area (Å²) in [5, 5.41) is 4.78. The van der Waals surface area contributed by atoms with Gasteiger partial charge in [0.05, 0.1) is 11.4 Å². The van der Waals surface area contributed by atoms with Gasteiger partial charge in [0.1, 0.15) is 11.2 Å². The van der Waals surface area contributed by atoms with Crippen LogP contribution >= 0.6 is 0 Å². The summed E-state index contributed by atoms with van der Waals surface area (Å²) < 4.78 is 6.26. The molecule has 11 rings (SSSR count). The van der Waals surface area contributed by atoms with Crippen molar-refractivity contribution >= 4 is 32.7 Å². The van der Waals surface area contributed by atoms with Crippen LogP contribution < -0.4 is 0 Å². The molecule has 0 spiro atoms. The van der Waals surface area contributed by atoms with E-state index in [1.165, 1.54) is 44.2 Å². The normalized spacial score (nSPS) is 13.0. The molecule has 3 nitrogen and oxygen atoms in total. The van der Waals surface area contributed by atoms with Gasteiger partial charge in [-0.2, -0.15) is 0 Å². The molecule has 0 aliphatic heterocycles. The van der Waals surface area contributed by atoms with Gasteiger partial charge >= 0.3 is 0 Å². The topological polar surface area (TPSA) is 38.9 Å². The number of hydrogen-bond acceptors (Lipinski definition) is 3. The van der Waals surface area contributed by atoms with Crippen molar-refractivity contribution in [1.82, 2.24) is 9.97 Å². The van der Waals surface area contributed by atoms with Crippen molar-refractivity contribution in [1.29, 1.82) is 0 Å². The van der Waals surface area contributed by atoms with Crippen LogP contribution in [-0.2, 0) is 5.41 Å². The molecule has 2 aromatic heterocycles. The van der Waals surface area contributed by atoms with E-state index in [1.54, 1.807) is 0 Å². The maximum atomic E-state index is 6.26. The molecule has 3 heteroatoms. The monoisotopic (exact) mass is 716 g/mol. The number of benzene rings is 8. The van der Waals surface area contributed by atoms with Gasteiger partial charge in [0.15, 0.2) is 5.82 Å². The number of furan rings is 1. The van der Waals surface area contributed by atoms with E-state index in [0.717, 1.165) is 61.1 Å². The molecule has 0 atom stereocenters. The van der Waals surface area contributed by atoms with Crippen LogP contribution in [0.4, 0.5) is 0 Å². The lowest BCUT2D eigenvalue weighted by atomic mass is 9.81. The molecule has 0 bridgehead atoms. The first-order valence-corrected chi connectivity index (χ1v) is 19.2. The maximum absolute atomic E-state index is 6.26. The van der Waals surface area contributed by atoms with Crippen LogP contribution in [0.2, 0.25) is 0 Å². The lowest BCUT2D eigenvalue weighted by molar-refractivity contribution is 0.661. The Balaban J connectivity index is 1.05. The molecule has 0 saturated carbocycles. The summed E-state index contributed by atoms with van der Waals surface area (Å²) in [6.45, 7) is 4.68. The first kappa shape index (κ1) is 32.3. The Hall–Kier alpha value is -7.10. The van der Waals surface area contributed by atoms with E-state index < -0.39 is 0 Å². The van der Waals surface area contributed by atoms with Crippen molar-refractivity contribution in [2.45, 2.75) is 19.3 Å².